The molecule has 3 heterocycles. The summed E-state index contributed by atoms with van der Waals surface area (Å²) in [5.74, 6) is -0.655. The Balaban J connectivity index is 1.33. The molecule has 0 spiro atoms. The Kier molecular flexibility index (Phi) is 8.08. The largest absolute Gasteiger partial charge is 0.416 e. The Morgan fingerprint density at radius 3 is 2.56 bits per heavy atom. The number of halogens is 4. The number of amides is 2. The van der Waals surface area contributed by atoms with Gasteiger partial charge in [-0.25, -0.2) is 18.7 Å². The standard InChI is InChI=1S/C28H29F4N7O2/c1-17-13-18(4-7-23(17)36-27(40)37-24-14-19(28(30,31)32)5-6-22(24)29)21-15-20(39-25(21)26(33)34-16-35-39)3-2-8-38-9-11-41-12-10-38/h4-7,13-16H,2-3,8-12H2,1H3,(H2,33,34,35)(H2,36,37,40). The van der Waals surface area contributed by atoms with Crippen molar-refractivity contribution in [2.75, 3.05) is 49.2 Å². The van der Waals surface area contributed by atoms with Gasteiger partial charge in [0.25, 0.3) is 0 Å². The second kappa shape index (κ2) is 11.7. The molecule has 4 N–H and O–H groups in total. The molecule has 0 saturated carbocycles. The van der Waals surface area contributed by atoms with Crippen LogP contribution < -0.4 is 16.4 Å². The Bertz CT molecular complexity index is 1570. The van der Waals surface area contributed by atoms with Gasteiger partial charge in [-0.2, -0.15) is 18.3 Å². The van der Waals surface area contributed by atoms with E-state index >= 15 is 0 Å². The average molecular weight is 572 g/mol. The second-order valence-electron chi connectivity index (χ2n) is 9.81. The minimum atomic E-state index is -4.67. The van der Waals surface area contributed by atoms with E-state index < -0.39 is 29.3 Å². The molecule has 13 heteroatoms. The van der Waals surface area contributed by atoms with Crippen molar-refractivity contribution in [3.05, 3.63) is 71.4 Å². The fourth-order valence-corrected chi connectivity index (χ4v) is 4.88. The minimum absolute atomic E-state index is 0.330. The van der Waals surface area contributed by atoms with E-state index in [1.165, 1.54) is 6.33 Å². The van der Waals surface area contributed by atoms with Crippen molar-refractivity contribution in [1.29, 1.82) is 0 Å². The summed E-state index contributed by atoms with van der Waals surface area (Å²) in [6, 6.07) is 8.26. The Morgan fingerprint density at radius 2 is 1.83 bits per heavy atom. The van der Waals surface area contributed by atoms with Gasteiger partial charge in [0.15, 0.2) is 5.82 Å². The maximum atomic E-state index is 14.1. The number of urea groups is 1. The summed E-state index contributed by atoms with van der Waals surface area (Å²) in [7, 11) is 0. The number of anilines is 3. The highest BCUT2D eigenvalue weighted by atomic mass is 19.4. The molecule has 1 aliphatic heterocycles. The van der Waals surface area contributed by atoms with Crippen LogP contribution in [0.1, 0.15) is 23.2 Å². The number of carbonyl (C=O) groups excluding carboxylic acids is 1. The number of hydrogen-bond donors (Lipinski definition) is 3. The zero-order valence-electron chi connectivity index (χ0n) is 22.3. The number of morpholine rings is 1. The first-order chi connectivity index (χ1) is 19.6. The molecule has 0 atom stereocenters. The van der Waals surface area contributed by atoms with Gasteiger partial charge in [-0.05, 0) is 73.8 Å². The van der Waals surface area contributed by atoms with E-state index in [1.54, 1.807) is 23.6 Å². The number of carbonyl (C=O) groups is 1. The lowest BCUT2D eigenvalue weighted by atomic mass is 10.0. The van der Waals surface area contributed by atoms with E-state index in [-0.39, 0.29) is 0 Å². The molecular weight excluding hydrogens is 542 g/mol. The van der Waals surface area contributed by atoms with Crippen LogP contribution in [0.3, 0.4) is 0 Å². The van der Waals surface area contributed by atoms with Crippen molar-refractivity contribution < 1.29 is 27.1 Å². The third kappa shape index (κ3) is 6.41. The number of hydrogen-bond acceptors (Lipinski definition) is 6. The number of ether oxygens (including phenoxy) is 1. The smallest absolute Gasteiger partial charge is 0.382 e. The highest BCUT2D eigenvalue weighted by Gasteiger charge is 2.31. The Morgan fingerprint density at radius 1 is 1.07 bits per heavy atom. The summed E-state index contributed by atoms with van der Waals surface area (Å²) in [5.41, 5.74) is 8.97. The van der Waals surface area contributed by atoms with Crippen LogP contribution in [0.15, 0.2) is 48.8 Å². The molecule has 2 amide bonds. The van der Waals surface area contributed by atoms with E-state index in [0.717, 1.165) is 62.5 Å². The lowest BCUT2D eigenvalue weighted by Gasteiger charge is -2.26. The molecule has 4 aromatic rings. The minimum Gasteiger partial charge on any atom is -0.382 e. The molecule has 0 radical (unpaired) electrons. The number of aromatic nitrogens is 3. The SMILES string of the molecule is Cc1cc(-c2cc(CCCN3CCOCC3)n3ncnc(N)c23)ccc1NC(=O)Nc1cc(C(F)(F)F)ccc1F. The number of nitrogens with zero attached hydrogens (tertiary/aromatic N) is 4. The summed E-state index contributed by atoms with van der Waals surface area (Å²) < 4.78 is 60.3. The molecule has 41 heavy (non-hydrogen) atoms. The van der Waals surface area contributed by atoms with E-state index in [0.29, 0.717) is 40.8 Å². The van der Waals surface area contributed by atoms with Crippen LogP contribution in [0.25, 0.3) is 16.6 Å². The maximum Gasteiger partial charge on any atom is 0.416 e. The first-order valence-corrected chi connectivity index (χ1v) is 13.1. The number of rotatable bonds is 7. The summed E-state index contributed by atoms with van der Waals surface area (Å²) in [5, 5.41) is 9.15. The van der Waals surface area contributed by atoms with Gasteiger partial charge < -0.3 is 21.1 Å². The van der Waals surface area contributed by atoms with Gasteiger partial charge in [0, 0.05) is 30.0 Å². The number of fused-ring (bicyclic) bond motifs is 1. The van der Waals surface area contributed by atoms with Crippen molar-refractivity contribution in [2.24, 2.45) is 0 Å². The predicted molar refractivity (Wildman–Crippen MR) is 147 cm³/mol. The van der Waals surface area contributed by atoms with Crippen molar-refractivity contribution in [3.63, 3.8) is 0 Å². The number of aryl methyl sites for hydroxylation is 2. The molecule has 2 aromatic carbocycles. The molecule has 1 fully saturated rings. The van der Waals surface area contributed by atoms with Crippen LogP contribution in [-0.2, 0) is 17.3 Å². The summed E-state index contributed by atoms with van der Waals surface area (Å²) in [6.07, 6.45) is -1.55. The molecule has 1 aliphatic rings. The van der Waals surface area contributed by atoms with E-state index in [9.17, 15) is 22.4 Å². The molecule has 0 bridgehead atoms. The van der Waals surface area contributed by atoms with Crippen LogP contribution in [0.5, 0.6) is 0 Å². The first-order valence-electron chi connectivity index (χ1n) is 13.1. The predicted octanol–water partition coefficient (Wildman–Crippen LogP) is 5.35. The molecule has 2 aromatic heterocycles. The van der Waals surface area contributed by atoms with Gasteiger partial charge in [0.1, 0.15) is 17.7 Å². The Hall–Kier alpha value is -4.23. The van der Waals surface area contributed by atoms with E-state index in [1.807, 2.05) is 12.1 Å². The van der Waals surface area contributed by atoms with Crippen molar-refractivity contribution in [1.82, 2.24) is 19.5 Å². The van der Waals surface area contributed by atoms with Crippen LogP contribution in [0, 0.1) is 12.7 Å². The van der Waals surface area contributed by atoms with Gasteiger partial charge in [-0.3, -0.25) is 4.90 Å². The first kappa shape index (κ1) is 28.3. The quantitative estimate of drug-likeness (QED) is 0.258. The van der Waals surface area contributed by atoms with E-state index in [4.69, 9.17) is 10.5 Å². The number of benzene rings is 2. The molecule has 216 valence electrons. The molecule has 0 aliphatic carbocycles. The van der Waals surface area contributed by atoms with E-state index in [2.05, 4.69) is 25.6 Å². The third-order valence-electron chi connectivity index (χ3n) is 6.99. The molecule has 5 rings (SSSR count). The van der Waals surface area contributed by atoms with Crippen LogP contribution >= 0.6 is 0 Å². The highest BCUT2D eigenvalue weighted by Crippen LogP contribution is 2.34. The fraction of sp³-hybridized carbons (Fsp3) is 0.321. The van der Waals surface area contributed by atoms with Gasteiger partial charge in [0.05, 0.1) is 24.5 Å². The number of nitrogen functional groups attached to an aromatic ring is 1. The number of nitrogens with one attached hydrogen (secondary N) is 2. The molecule has 1 saturated heterocycles. The van der Waals surface area contributed by atoms with Crippen molar-refractivity contribution >= 4 is 28.7 Å². The fourth-order valence-electron chi connectivity index (χ4n) is 4.88. The molecule has 0 unspecified atom stereocenters. The lowest BCUT2D eigenvalue weighted by Crippen LogP contribution is -2.37. The average Bonchev–Trinajstić information content (AvgIpc) is 3.31. The number of alkyl halides is 3. The summed E-state index contributed by atoms with van der Waals surface area (Å²) in [6.45, 7) is 6.04. The van der Waals surface area contributed by atoms with Crippen LogP contribution in [0.4, 0.5) is 39.5 Å². The zero-order valence-corrected chi connectivity index (χ0v) is 22.3. The lowest BCUT2D eigenvalue weighted by molar-refractivity contribution is -0.137. The van der Waals surface area contributed by atoms with Crippen molar-refractivity contribution in [3.8, 4) is 11.1 Å². The summed E-state index contributed by atoms with van der Waals surface area (Å²) >= 11 is 0. The number of nitrogens with two attached hydrogens (primary N) is 1. The summed E-state index contributed by atoms with van der Waals surface area (Å²) in [4.78, 5) is 19.1. The Labute approximate surface area is 233 Å². The highest BCUT2D eigenvalue weighted by molar-refractivity contribution is 6.00. The van der Waals surface area contributed by atoms with Crippen molar-refractivity contribution in [2.45, 2.75) is 25.9 Å². The van der Waals surface area contributed by atoms with Gasteiger partial charge >= 0.3 is 12.2 Å². The van der Waals surface area contributed by atoms with Gasteiger partial charge in [-0.1, -0.05) is 6.07 Å². The zero-order chi connectivity index (χ0) is 29.1. The van der Waals surface area contributed by atoms with Crippen LogP contribution in [-0.4, -0.2) is 58.4 Å². The maximum absolute atomic E-state index is 14.1. The monoisotopic (exact) mass is 571 g/mol. The van der Waals surface area contributed by atoms with Gasteiger partial charge in [0.2, 0.25) is 0 Å². The molecular formula is C28H29F4N7O2. The normalized spacial score (nSPS) is 14.4. The second-order valence-corrected chi connectivity index (χ2v) is 9.81. The third-order valence-corrected chi connectivity index (χ3v) is 6.99. The molecule has 9 nitrogen and oxygen atoms in total. The van der Waals surface area contributed by atoms with Gasteiger partial charge in [-0.15, -0.1) is 0 Å². The van der Waals surface area contributed by atoms with Crippen LogP contribution in [0.2, 0.25) is 0 Å². The topological polar surface area (TPSA) is 110 Å².